The topological polar surface area (TPSA) is 138 Å². The van der Waals surface area contributed by atoms with Crippen molar-refractivity contribution in [1.29, 1.82) is 0 Å². The van der Waals surface area contributed by atoms with Gasteiger partial charge in [0.15, 0.2) is 0 Å². The summed E-state index contributed by atoms with van der Waals surface area (Å²) in [5.74, 6) is 0.0935. The number of urea groups is 1. The zero-order valence-electron chi connectivity index (χ0n) is 22.0. The van der Waals surface area contributed by atoms with E-state index in [0.29, 0.717) is 36.8 Å². The standard InChI is InChI=1S/C26H43N5O5S/c1-2-3-4-5-6-7-8-11-18(16-23(33)27-19-14-15-36-25(19)34)30-31-22(32)13-10-9-12-21-24-20(17-37-21)28-26(35)29-24/h19-21,24H,2-17H2,1H3,(H,27,33)(H,31,32)(H2,28,29,35). The number of cyclic esters (lactones) is 1. The number of nitrogens with zero attached hydrogens (tertiary/aromatic N) is 1. The van der Waals surface area contributed by atoms with Crippen LogP contribution in [0.2, 0.25) is 0 Å². The van der Waals surface area contributed by atoms with Crippen molar-refractivity contribution in [1.82, 2.24) is 21.4 Å². The van der Waals surface area contributed by atoms with Crippen molar-refractivity contribution in [2.75, 3.05) is 12.4 Å². The molecule has 3 saturated heterocycles. The number of unbranched alkanes of at least 4 members (excludes halogenated alkanes) is 7. The molecule has 0 aromatic heterocycles. The number of carbonyl (C=O) groups excluding carboxylic acids is 4. The third-order valence-corrected chi connectivity index (χ3v) is 8.63. The van der Waals surface area contributed by atoms with Gasteiger partial charge in [-0.15, -0.1) is 0 Å². The van der Waals surface area contributed by atoms with E-state index in [1.54, 1.807) is 0 Å². The molecule has 3 fully saturated rings. The number of esters is 1. The van der Waals surface area contributed by atoms with Crippen molar-refractivity contribution in [3.63, 3.8) is 0 Å². The number of thioether (sulfide) groups is 1. The third-order valence-electron chi connectivity index (χ3n) is 7.12. The molecular formula is C26H43N5O5S. The molecule has 0 spiro atoms. The van der Waals surface area contributed by atoms with Crippen LogP contribution < -0.4 is 21.4 Å². The van der Waals surface area contributed by atoms with Gasteiger partial charge in [0, 0.05) is 29.6 Å². The summed E-state index contributed by atoms with van der Waals surface area (Å²) in [6, 6.07) is -0.279. The van der Waals surface area contributed by atoms with Crippen LogP contribution in [0, 0.1) is 0 Å². The van der Waals surface area contributed by atoms with Crippen LogP contribution in [0.5, 0.6) is 0 Å². The Bertz CT molecular complexity index is 823. The van der Waals surface area contributed by atoms with Crippen molar-refractivity contribution in [3.05, 3.63) is 0 Å². The van der Waals surface area contributed by atoms with Gasteiger partial charge in [0.05, 0.1) is 25.1 Å². The molecule has 11 heteroatoms. The van der Waals surface area contributed by atoms with Crippen molar-refractivity contribution >= 4 is 41.3 Å². The molecule has 3 aliphatic heterocycles. The van der Waals surface area contributed by atoms with Gasteiger partial charge in [0.2, 0.25) is 11.8 Å². The second kappa shape index (κ2) is 15.8. The fourth-order valence-electron chi connectivity index (χ4n) is 5.00. The molecule has 37 heavy (non-hydrogen) atoms. The number of ether oxygens (including phenoxy) is 1. The minimum Gasteiger partial charge on any atom is -0.464 e. The number of rotatable bonds is 17. The van der Waals surface area contributed by atoms with Crippen LogP contribution in [0.1, 0.15) is 96.8 Å². The average molecular weight is 538 g/mol. The minimum atomic E-state index is -0.594. The third kappa shape index (κ3) is 10.2. The molecule has 3 rings (SSSR count). The molecule has 0 aliphatic carbocycles. The van der Waals surface area contributed by atoms with Gasteiger partial charge in [0.25, 0.3) is 0 Å². The summed E-state index contributed by atoms with van der Waals surface area (Å²) in [4.78, 5) is 48.1. The Balaban J connectivity index is 1.38. The van der Waals surface area contributed by atoms with Crippen LogP contribution in [0.3, 0.4) is 0 Å². The van der Waals surface area contributed by atoms with E-state index in [0.717, 1.165) is 44.3 Å². The van der Waals surface area contributed by atoms with E-state index in [4.69, 9.17) is 4.74 Å². The number of hydrazone groups is 1. The summed E-state index contributed by atoms with van der Waals surface area (Å²) in [6.45, 7) is 2.52. The number of hydrogen-bond donors (Lipinski definition) is 4. The van der Waals surface area contributed by atoms with Crippen LogP contribution >= 0.6 is 11.8 Å². The number of carbonyl (C=O) groups is 4. The van der Waals surface area contributed by atoms with E-state index in [2.05, 4.69) is 33.4 Å². The van der Waals surface area contributed by atoms with Crippen LogP contribution in [-0.4, -0.2) is 65.3 Å². The Morgan fingerprint density at radius 2 is 1.76 bits per heavy atom. The molecule has 0 aromatic rings. The van der Waals surface area contributed by atoms with Gasteiger partial charge in [0.1, 0.15) is 6.04 Å². The monoisotopic (exact) mass is 537 g/mol. The normalized spacial score (nSPS) is 24.8. The number of hydrogen-bond acceptors (Lipinski definition) is 7. The van der Waals surface area contributed by atoms with Gasteiger partial charge in [-0.3, -0.25) is 9.59 Å². The minimum absolute atomic E-state index is 0.0567. The summed E-state index contributed by atoms with van der Waals surface area (Å²) < 4.78 is 4.91. The zero-order chi connectivity index (χ0) is 26.5. The molecule has 208 valence electrons. The summed E-state index contributed by atoms with van der Waals surface area (Å²) in [7, 11) is 0. The smallest absolute Gasteiger partial charge is 0.328 e. The van der Waals surface area contributed by atoms with Gasteiger partial charge in [-0.25, -0.2) is 15.0 Å². The van der Waals surface area contributed by atoms with Crippen molar-refractivity contribution in [2.24, 2.45) is 5.10 Å². The van der Waals surface area contributed by atoms with Crippen LogP contribution in [0.4, 0.5) is 4.79 Å². The highest BCUT2D eigenvalue weighted by atomic mass is 32.2. The molecule has 10 nitrogen and oxygen atoms in total. The molecular weight excluding hydrogens is 494 g/mol. The molecule has 3 heterocycles. The summed E-state index contributed by atoms with van der Waals surface area (Å²) in [5, 5.41) is 13.3. The molecule has 4 atom stereocenters. The molecule has 0 radical (unpaired) electrons. The highest BCUT2D eigenvalue weighted by Gasteiger charge is 2.42. The summed E-state index contributed by atoms with van der Waals surface area (Å²) >= 11 is 1.87. The van der Waals surface area contributed by atoms with E-state index < -0.39 is 12.0 Å². The number of nitrogens with one attached hydrogen (secondary N) is 4. The Morgan fingerprint density at radius 1 is 1.00 bits per heavy atom. The molecule has 0 bridgehead atoms. The summed E-state index contributed by atoms with van der Waals surface area (Å²) in [6.07, 6.45) is 12.2. The Labute approximate surface area is 224 Å². The largest absolute Gasteiger partial charge is 0.464 e. The molecule has 4 unspecified atom stereocenters. The SMILES string of the molecule is CCCCCCCCCC(CC(=O)NC1CCOC1=O)=NNC(=O)CCCCC1SCC2NC(=O)NC21. The van der Waals surface area contributed by atoms with Gasteiger partial charge >= 0.3 is 12.0 Å². The Morgan fingerprint density at radius 3 is 2.51 bits per heavy atom. The number of fused-ring (bicyclic) bond motifs is 1. The number of amides is 4. The average Bonchev–Trinajstić information content (AvgIpc) is 3.55. The van der Waals surface area contributed by atoms with Gasteiger partial charge in [-0.05, 0) is 25.7 Å². The van der Waals surface area contributed by atoms with E-state index in [-0.39, 0.29) is 36.3 Å². The first-order chi connectivity index (χ1) is 18.0. The fraction of sp³-hybridized carbons (Fsp3) is 0.808. The Kier molecular flexibility index (Phi) is 12.5. The van der Waals surface area contributed by atoms with E-state index in [1.807, 2.05) is 11.8 Å². The molecule has 4 N–H and O–H groups in total. The van der Waals surface area contributed by atoms with Gasteiger partial charge in [-0.2, -0.15) is 16.9 Å². The van der Waals surface area contributed by atoms with Crippen molar-refractivity contribution < 1.29 is 23.9 Å². The highest BCUT2D eigenvalue weighted by Crippen LogP contribution is 2.33. The predicted molar refractivity (Wildman–Crippen MR) is 144 cm³/mol. The van der Waals surface area contributed by atoms with Crippen molar-refractivity contribution in [3.8, 4) is 0 Å². The van der Waals surface area contributed by atoms with E-state index in [1.165, 1.54) is 25.7 Å². The molecule has 0 saturated carbocycles. The van der Waals surface area contributed by atoms with Gasteiger partial charge < -0.3 is 20.7 Å². The molecule has 4 amide bonds. The van der Waals surface area contributed by atoms with Crippen LogP contribution in [-0.2, 0) is 19.1 Å². The van der Waals surface area contributed by atoms with Gasteiger partial charge in [-0.1, -0.05) is 51.9 Å². The lowest BCUT2D eigenvalue weighted by molar-refractivity contribution is -0.141. The Hall–Kier alpha value is -2.30. The quantitative estimate of drug-likeness (QED) is 0.0739. The first-order valence-electron chi connectivity index (χ1n) is 13.9. The summed E-state index contributed by atoms with van der Waals surface area (Å²) in [5.41, 5.74) is 3.26. The van der Waals surface area contributed by atoms with Crippen molar-refractivity contribution in [2.45, 2.75) is 120 Å². The van der Waals surface area contributed by atoms with Crippen LogP contribution in [0.15, 0.2) is 5.10 Å². The lowest BCUT2D eigenvalue weighted by Crippen LogP contribution is -2.39. The highest BCUT2D eigenvalue weighted by molar-refractivity contribution is 8.00. The molecule has 3 aliphatic rings. The predicted octanol–water partition coefficient (Wildman–Crippen LogP) is 3.15. The maximum Gasteiger partial charge on any atom is 0.328 e. The lowest BCUT2D eigenvalue weighted by Gasteiger charge is -2.16. The first kappa shape index (κ1) is 29.3. The second-order valence-corrected chi connectivity index (χ2v) is 11.5. The van der Waals surface area contributed by atoms with E-state index in [9.17, 15) is 19.2 Å². The fourth-order valence-corrected chi connectivity index (χ4v) is 6.54. The lowest BCUT2D eigenvalue weighted by atomic mass is 10.0. The van der Waals surface area contributed by atoms with E-state index >= 15 is 0 Å². The van der Waals surface area contributed by atoms with Crippen LogP contribution in [0.25, 0.3) is 0 Å². The zero-order valence-corrected chi connectivity index (χ0v) is 22.8. The maximum absolute atomic E-state index is 12.5. The first-order valence-corrected chi connectivity index (χ1v) is 15.0. The maximum atomic E-state index is 12.5. The second-order valence-electron chi connectivity index (χ2n) is 10.2. The molecule has 0 aromatic carbocycles.